The molecule has 1 aromatic carbocycles. The molecule has 0 spiro atoms. The van der Waals surface area contributed by atoms with Gasteiger partial charge in [-0.15, -0.1) is 0 Å². The molecule has 7 heteroatoms. The van der Waals surface area contributed by atoms with Crippen LogP contribution in [0.2, 0.25) is 0 Å². The van der Waals surface area contributed by atoms with Gasteiger partial charge < -0.3 is 24.8 Å². The first-order valence-corrected chi connectivity index (χ1v) is 7.66. The van der Waals surface area contributed by atoms with E-state index in [1.54, 1.807) is 18.2 Å². The molecule has 1 saturated heterocycles. The second kappa shape index (κ2) is 8.79. The molecule has 1 heterocycles. The van der Waals surface area contributed by atoms with E-state index in [4.69, 9.17) is 19.5 Å². The minimum Gasteiger partial charge on any atom is -0.493 e. The van der Waals surface area contributed by atoms with E-state index in [0.717, 1.165) is 19.4 Å². The summed E-state index contributed by atoms with van der Waals surface area (Å²) in [4.78, 5) is 12.2. The van der Waals surface area contributed by atoms with Gasteiger partial charge in [0.05, 0.1) is 20.3 Å². The molecule has 1 aliphatic rings. The molecule has 1 amide bonds. The Morgan fingerprint density at radius 2 is 2.21 bits per heavy atom. The van der Waals surface area contributed by atoms with Gasteiger partial charge >= 0.3 is 0 Å². The van der Waals surface area contributed by atoms with Gasteiger partial charge in [-0.1, -0.05) is 0 Å². The number of nitrogens with one attached hydrogen (secondary N) is 2. The maximum atomic E-state index is 12.2. The number of nitrogens with zero attached hydrogens (tertiary/aromatic N) is 1. The Bertz CT molecular complexity index is 646. The Kier molecular flexibility index (Phi) is 6.46. The second-order valence-electron chi connectivity index (χ2n) is 5.24. The van der Waals surface area contributed by atoms with E-state index in [0.29, 0.717) is 23.7 Å². The van der Waals surface area contributed by atoms with Crippen molar-refractivity contribution >= 4 is 11.6 Å². The van der Waals surface area contributed by atoms with Crippen molar-refractivity contribution in [1.29, 1.82) is 5.26 Å². The summed E-state index contributed by atoms with van der Waals surface area (Å²) in [5.41, 5.74) is 0.501. The number of hydrogen-bond donors (Lipinski definition) is 2. The Morgan fingerprint density at radius 1 is 1.42 bits per heavy atom. The summed E-state index contributed by atoms with van der Waals surface area (Å²) in [5, 5.41) is 14.8. The molecular formula is C17H21N3O4. The average Bonchev–Trinajstić information content (AvgIpc) is 3.11. The second-order valence-corrected chi connectivity index (χ2v) is 5.24. The van der Waals surface area contributed by atoms with Crippen molar-refractivity contribution in [2.75, 3.05) is 32.7 Å². The predicted octanol–water partition coefficient (Wildman–Crippen LogP) is 1.82. The van der Waals surface area contributed by atoms with Crippen LogP contribution in [0.5, 0.6) is 11.5 Å². The highest BCUT2D eigenvalue weighted by Crippen LogP contribution is 2.29. The summed E-state index contributed by atoms with van der Waals surface area (Å²) < 4.78 is 15.8. The zero-order valence-electron chi connectivity index (χ0n) is 13.8. The lowest BCUT2D eigenvalue weighted by Gasteiger charge is -2.11. The zero-order chi connectivity index (χ0) is 17.4. The standard InChI is InChI=1S/C17H21N3O4/c1-22-15-6-5-13(8-16(15)23-2)20-17(21)12(9-18)10-19-11-14-4-3-7-24-14/h5-6,8,10,14,19H,3-4,7,11H2,1-2H3,(H,20,21)/b12-10-. The maximum Gasteiger partial charge on any atom is 0.267 e. The first-order chi connectivity index (χ1) is 11.7. The number of amides is 1. The number of carbonyl (C=O) groups excluding carboxylic acids is 1. The monoisotopic (exact) mass is 331 g/mol. The van der Waals surface area contributed by atoms with Crippen molar-refractivity contribution in [3.05, 3.63) is 30.0 Å². The van der Waals surface area contributed by atoms with Crippen molar-refractivity contribution in [3.63, 3.8) is 0 Å². The summed E-state index contributed by atoms with van der Waals surface area (Å²) >= 11 is 0. The van der Waals surface area contributed by atoms with Gasteiger partial charge in [0.25, 0.3) is 5.91 Å². The minimum atomic E-state index is -0.496. The smallest absolute Gasteiger partial charge is 0.267 e. The average molecular weight is 331 g/mol. The molecule has 1 fully saturated rings. The predicted molar refractivity (Wildman–Crippen MR) is 88.8 cm³/mol. The van der Waals surface area contributed by atoms with Gasteiger partial charge in [0.1, 0.15) is 11.6 Å². The van der Waals surface area contributed by atoms with E-state index < -0.39 is 5.91 Å². The molecular weight excluding hydrogens is 310 g/mol. The molecule has 2 N–H and O–H groups in total. The third-order valence-corrected chi connectivity index (χ3v) is 3.62. The molecule has 1 unspecified atom stereocenters. The molecule has 0 bridgehead atoms. The van der Waals surface area contributed by atoms with E-state index in [-0.39, 0.29) is 11.7 Å². The number of benzene rings is 1. The number of anilines is 1. The minimum absolute atomic E-state index is 0.0113. The van der Waals surface area contributed by atoms with E-state index in [2.05, 4.69) is 10.6 Å². The van der Waals surface area contributed by atoms with Crippen LogP contribution in [0, 0.1) is 11.3 Å². The SMILES string of the molecule is COc1ccc(NC(=O)/C(C#N)=C\NCC2CCCO2)cc1OC. The first-order valence-electron chi connectivity index (χ1n) is 7.66. The fraction of sp³-hybridized carbons (Fsp3) is 0.412. The Labute approximate surface area is 141 Å². The van der Waals surface area contributed by atoms with Crippen LogP contribution in [0.1, 0.15) is 12.8 Å². The lowest BCUT2D eigenvalue weighted by molar-refractivity contribution is -0.112. The third-order valence-electron chi connectivity index (χ3n) is 3.62. The molecule has 1 atom stereocenters. The van der Waals surface area contributed by atoms with Crippen LogP contribution in [0.15, 0.2) is 30.0 Å². The lowest BCUT2D eigenvalue weighted by atomic mass is 10.2. The third kappa shape index (κ3) is 4.64. The number of hydrogen-bond acceptors (Lipinski definition) is 6. The molecule has 1 aliphatic heterocycles. The van der Waals surface area contributed by atoms with Crippen molar-refractivity contribution in [2.45, 2.75) is 18.9 Å². The summed E-state index contributed by atoms with van der Waals surface area (Å²) in [7, 11) is 3.05. The highest BCUT2D eigenvalue weighted by Gasteiger charge is 2.15. The van der Waals surface area contributed by atoms with Gasteiger partial charge in [-0.2, -0.15) is 5.26 Å². The van der Waals surface area contributed by atoms with E-state index in [1.807, 2.05) is 6.07 Å². The topological polar surface area (TPSA) is 92.6 Å². The molecule has 0 saturated carbocycles. The Morgan fingerprint density at radius 3 is 2.83 bits per heavy atom. The highest BCUT2D eigenvalue weighted by atomic mass is 16.5. The van der Waals surface area contributed by atoms with Crippen LogP contribution in [-0.4, -0.2) is 39.4 Å². The number of rotatable bonds is 7. The summed E-state index contributed by atoms with van der Waals surface area (Å²) in [6, 6.07) is 6.87. The Balaban J connectivity index is 1.97. The van der Waals surface area contributed by atoms with Gasteiger partial charge in [0.15, 0.2) is 11.5 Å². The summed E-state index contributed by atoms with van der Waals surface area (Å²) in [5.74, 6) is 0.559. The number of nitriles is 1. The van der Waals surface area contributed by atoms with Crippen molar-refractivity contribution < 1.29 is 19.0 Å². The van der Waals surface area contributed by atoms with Crippen LogP contribution in [0.4, 0.5) is 5.69 Å². The molecule has 7 nitrogen and oxygen atoms in total. The fourth-order valence-corrected chi connectivity index (χ4v) is 2.36. The Hall–Kier alpha value is -2.72. The molecule has 1 aromatic rings. The van der Waals surface area contributed by atoms with Crippen LogP contribution in [0.25, 0.3) is 0 Å². The first kappa shape index (κ1) is 17.6. The quantitative estimate of drug-likeness (QED) is 0.585. The molecule has 2 rings (SSSR count). The van der Waals surface area contributed by atoms with E-state index >= 15 is 0 Å². The van der Waals surface area contributed by atoms with Gasteiger partial charge in [-0.05, 0) is 25.0 Å². The van der Waals surface area contributed by atoms with Crippen molar-refractivity contribution in [3.8, 4) is 17.6 Å². The fourth-order valence-electron chi connectivity index (χ4n) is 2.36. The highest BCUT2D eigenvalue weighted by molar-refractivity contribution is 6.06. The molecule has 24 heavy (non-hydrogen) atoms. The molecule has 0 aliphatic carbocycles. The van der Waals surface area contributed by atoms with Crippen LogP contribution >= 0.6 is 0 Å². The van der Waals surface area contributed by atoms with Crippen molar-refractivity contribution in [2.24, 2.45) is 0 Å². The zero-order valence-corrected chi connectivity index (χ0v) is 13.8. The van der Waals surface area contributed by atoms with E-state index in [1.165, 1.54) is 20.4 Å². The van der Waals surface area contributed by atoms with Gasteiger partial charge in [0, 0.05) is 31.1 Å². The largest absolute Gasteiger partial charge is 0.493 e. The molecule has 0 radical (unpaired) electrons. The van der Waals surface area contributed by atoms with Gasteiger partial charge in [0.2, 0.25) is 0 Å². The maximum absolute atomic E-state index is 12.2. The summed E-state index contributed by atoms with van der Waals surface area (Å²) in [6.07, 6.45) is 3.58. The number of carbonyl (C=O) groups is 1. The van der Waals surface area contributed by atoms with Crippen molar-refractivity contribution in [1.82, 2.24) is 5.32 Å². The van der Waals surface area contributed by atoms with Crippen LogP contribution < -0.4 is 20.1 Å². The van der Waals surface area contributed by atoms with Gasteiger partial charge in [-0.3, -0.25) is 4.79 Å². The number of methoxy groups -OCH3 is 2. The molecule has 128 valence electrons. The van der Waals surface area contributed by atoms with Crippen LogP contribution in [0.3, 0.4) is 0 Å². The lowest BCUT2D eigenvalue weighted by Crippen LogP contribution is -2.24. The van der Waals surface area contributed by atoms with Crippen LogP contribution in [-0.2, 0) is 9.53 Å². The summed E-state index contributed by atoms with van der Waals surface area (Å²) in [6.45, 7) is 1.34. The number of ether oxygens (including phenoxy) is 3. The normalized spacial score (nSPS) is 17.0. The van der Waals surface area contributed by atoms with Gasteiger partial charge in [-0.25, -0.2) is 0 Å². The molecule has 0 aromatic heterocycles. The van der Waals surface area contributed by atoms with E-state index in [9.17, 15) is 4.79 Å².